The second kappa shape index (κ2) is 5.25. The second-order valence-electron chi connectivity index (χ2n) is 3.12. The van der Waals surface area contributed by atoms with E-state index in [1.807, 2.05) is 26.1 Å². The molecular weight excluding hydrogens is 182 g/mol. The van der Waals surface area contributed by atoms with Crippen LogP contribution < -0.4 is 0 Å². The molecule has 13 heavy (non-hydrogen) atoms. The van der Waals surface area contributed by atoms with Crippen molar-refractivity contribution in [2.75, 3.05) is 0 Å². The Bertz CT molecular complexity index is 238. The van der Waals surface area contributed by atoms with Gasteiger partial charge in [-0.1, -0.05) is 13.0 Å². The van der Waals surface area contributed by atoms with Crippen LogP contribution in [0.25, 0.3) is 0 Å². The van der Waals surface area contributed by atoms with Crippen LogP contribution in [-0.2, 0) is 5.75 Å². The summed E-state index contributed by atoms with van der Waals surface area (Å²) in [6.45, 7) is 3.85. The Morgan fingerprint density at radius 3 is 2.85 bits per heavy atom. The van der Waals surface area contributed by atoms with Crippen LogP contribution in [0, 0.1) is 0 Å². The van der Waals surface area contributed by atoms with Gasteiger partial charge in [-0.05, 0) is 18.6 Å². The van der Waals surface area contributed by atoms with Gasteiger partial charge in [-0.2, -0.15) is 11.8 Å². The summed E-state index contributed by atoms with van der Waals surface area (Å²) in [7, 11) is 0. The third kappa shape index (κ3) is 3.79. The van der Waals surface area contributed by atoms with Crippen molar-refractivity contribution < 1.29 is 5.11 Å². The molecule has 1 aromatic rings. The minimum atomic E-state index is -0.248. The summed E-state index contributed by atoms with van der Waals surface area (Å²) in [6, 6.07) is 3.98. The smallest absolute Gasteiger partial charge is 0.0628 e. The predicted octanol–water partition coefficient (Wildman–Crippen LogP) is 2.08. The summed E-state index contributed by atoms with van der Waals surface area (Å²) in [6.07, 6.45) is 3.38. The van der Waals surface area contributed by atoms with E-state index in [4.69, 9.17) is 0 Å². The number of aliphatic hydroxyl groups excluding tert-OH is 1. The van der Waals surface area contributed by atoms with Gasteiger partial charge in [0, 0.05) is 23.4 Å². The summed E-state index contributed by atoms with van der Waals surface area (Å²) in [5, 5.41) is 9.54. The van der Waals surface area contributed by atoms with Crippen molar-refractivity contribution in [3.63, 3.8) is 0 Å². The molecule has 72 valence electrons. The monoisotopic (exact) mass is 197 g/mol. The molecule has 0 aliphatic carbocycles. The molecule has 2 unspecified atom stereocenters. The van der Waals surface area contributed by atoms with E-state index in [9.17, 15) is 5.11 Å². The van der Waals surface area contributed by atoms with Crippen molar-refractivity contribution in [3.8, 4) is 0 Å². The van der Waals surface area contributed by atoms with Crippen LogP contribution in [0.3, 0.4) is 0 Å². The molecule has 0 bridgehead atoms. The third-order valence-electron chi connectivity index (χ3n) is 1.92. The van der Waals surface area contributed by atoms with Crippen molar-refractivity contribution >= 4 is 11.8 Å². The lowest BCUT2D eigenvalue weighted by Crippen LogP contribution is -2.15. The molecule has 0 aromatic carbocycles. The van der Waals surface area contributed by atoms with E-state index in [1.54, 1.807) is 18.0 Å². The maximum Gasteiger partial charge on any atom is 0.0628 e. The minimum Gasteiger partial charge on any atom is -0.392 e. The van der Waals surface area contributed by atoms with Crippen molar-refractivity contribution in [3.05, 3.63) is 30.1 Å². The van der Waals surface area contributed by atoms with Crippen LogP contribution in [0.2, 0.25) is 0 Å². The fraction of sp³-hybridized carbons (Fsp3) is 0.500. The van der Waals surface area contributed by atoms with Crippen LogP contribution in [0.5, 0.6) is 0 Å². The van der Waals surface area contributed by atoms with Crippen LogP contribution in [0.1, 0.15) is 19.4 Å². The molecule has 1 aromatic heterocycles. The Morgan fingerprint density at radius 2 is 2.31 bits per heavy atom. The summed E-state index contributed by atoms with van der Waals surface area (Å²) in [5.74, 6) is 0.917. The van der Waals surface area contributed by atoms with Gasteiger partial charge in [0.25, 0.3) is 0 Å². The number of aromatic nitrogens is 1. The Morgan fingerprint density at radius 1 is 1.54 bits per heavy atom. The maximum absolute atomic E-state index is 9.26. The fourth-order valence-corrected chi connectivity index (χ4v) is 1.76. The van der Waals surface area contributed by atoms with Gasteiger partial charge in [0.1, 0.15) is 0 Å². The highest BCUT2D eigenvalue weighted by molar-refractivity contribution is 7.99. The largest absolute Gasteiger partial charge is 0.392 e. The van der Waals surface area contributed by atoms with Crippen molar-refractivity contribution in [1.29, 1.82) is 0 Å². The van der Waals surface area contributed by atoms with E-state index in [0.717, 1.165) is 5.75 Å². The van der Waals surface area contributed by atoms with Crippen LogP contribution >= 0.6 is 11.8 Å². The van der Waals surface area contributed by atoms with Crippen molar-refractivity contribution in [2.45, 2.75) is 31.0 Å². The fourth-order valence-electron chi connectivity index (χ4n) is 0.850. The quantitative estimate of drug-likeness (QED) is 0.802. The standard InChI is InChI=1S/C10H15NOS/c1-8(12)9(2)13-7-10-4-3-5-11-6-10/h3-6,8-9,12H,7H2,1-2H3. The van der Waals surface area contributed by atoms with Gasteiger partial charge in [0.15, 0.2) is 0 Å². The van der Waals surface area contributed by atoms with Gasteiger partial charge in [-0.3, -0.25) is 4.98 Å². The average molecular weight is 197 g/mol. The van der Waals surface area contributed by atoms with E-state index in [0.29, 0.717) is 0 Å². The number of pyridine rings is 1. The van der Waals surface area contributed by atoms with Crippen molar-refractivity contribution in [2.24, 2.45) is 0 Å². The zero-order valence-electron chi connectivity index (χ0n) is 7.97. The first kappa shape index (κ1) is 10.5. The Balaban J connectivity index is 2.35. The molecule has 0 aliphatic heterocycles. The minimum absolute atomic E-state index is 0.248. The normalized spacial score (nSPS) is 15.3. The summed E-state index contributed by atoms with van der Waals surface area (Å²) < 4.78 is 0. The lowest BCUT2D eigenvalue weighted by molar-refractivity contribution is 0.196. The number of nitrogens with zero attached hydrogens (tertiary/aromatic N) is 1. The van der Waals surface area contributed by atoms with Crippen molar-refractivity contribution in [1.82, 2.24) is 4.98 Å². The lowest BCUT2D eigenvalue weighted by Gasteiger charge is -2.13. The maximum atomic E-state index is 9.26. The van der Waals surface area contributed by atoms with E-state index >= 15 is 0 Å². The van der Waals surface area contributed by atoms with Crippen LogP contribution in [-0.4, -0.2) is 21.4 Å². The number of thioether (sulfide) groups is 1. The summed E-state index contributed by atoms with van der Waals surface area (Å²) >= 11 is 1.75. The first-order valence-corrected chi connectivity index (χ1v) is 5.43. The Labute approximate surface area is 83.4 Å². The topological polar surface area (TPSA) is 33.1 Å². The molecule has 0 spiro atoms. The molecule has 2 nitrogen and oxygen atoms in total. The molecular formula is C10H15NOS. The predicted molar refractivity (Wildman–Crippen MR) is 56.7 cm³/mol. The van der Waals surface area contributed by atoms with Gasteiger partial charge >= 0.3 is 0 Å². The number of rotatable bonds is 4. The van der Waals surface area contributed by atoms with E-state index in [2.05, 4.69) is 11.1 Å². The molecule has 3 heteroatoms. The Kier molecular flexibility index (Phi) is 4.25. The van der Waals surface area contributed by atoms with E-state index in [1.165, 1.54) is 5.56 Å². The molecule has 0 saturated heterocycles. The van der Waals surface area contributed by atoms with Gasteiger partial charge in [-0.15, -0.1) is 0 Å². The molecule has 0 radical (unpaired) electrons. The highest BCUT2D eigenvalue weighted by Crippen LogP contribution is 2.19. The van der Waals surface area contributed by atoms with Gasteiger partial charge in [0.2, 0.25) is 0 Å². The van der Waals surface area contributed by atoms with E-state index in [-0.39, 0.29) is 11.4 Å². The zero-order valence-corrected chi connectivity index (χ0v) is 8.79. The summed E-state index contributed by atoms with van der Waals surface area (Å²) in [5.41, 5.74) is 1.21. The molecule has 2 atom stereocenters. The summed E-state index contributed by atoms with van der Waals surface area (Å²) in [4.78, 5) is 4.03. The van der Waals surface area contributed by atoms with Crippen LogP contribution in [0.4, 0.5) is 0 Å². The van der Waals surface area contributed by atoms with Gasteiger partial charge < -0.3 is 5.11 Å². The first-order chi connectivity index (χ1) is 6.20. The van der Waals surface area contributed by atoms with Gasteiger partial charge in [-0.25, -0.2) is 0 Å². The highest BCUT2D eigenvalue weighted by Gasteiger charge is 2.08. The molecule has 0 amide bonds. The average Bonchev–Trinajstić information content (AvgIpc) is 2.15. The molecule has 0 fully saturated rings. The number of aliphatic hydroxyl groups is 1. The Hall–Kier alpha value is -0.540. The molecule has 1 rings (SSSR count). The molecule has 0 aliphatic rings. The molecule has 1 heterocycles. The zero-order chi connectivity index (χ0) is 9.68. The number of hydrogen-bond donors (Lipinski definition) is 1. The molecule has 1 N–H and O–H groups in total. The molecule has 0 saturated carbocycles. The van der Waals surface area contributed by atoms with Gasteiger partial charge in [0.05, 0.1) is 6.10 Å². The highest BCUT2D eigenvalue weighted by atomic mass is 32.2. The first-order valence-electron chi connectivity index (χ1n) is 4.38. The lowest BCUT2D eigenvalue weighted by atomic mass is 10.3. The van der Waals surface area contributed by atoms with E-state index < -0.39 is 0 Å². The third-order valence-corrected chi connectivity index (χ3v) is 3.33. The number of hydrogen-bond acceptors (Lipinski definition) is 3. The SMILES string of the molecule is CC(O)C(C)SCc1cccnc1. The second-order valence-corrected chi connectivity index (χ2v) is 4.48. The van der Waals surface area contributed by atoms with Crippen LogP contribution in [0.15, 0.2) is 24.5 Å².